The molecule has 0 radical (unpaired) electrons. The molecular formula is C38H32N8O17S4. The molecule has 6 aromatic carbocycles. The fourth-order valence-electron chi connectivity index (χ4n) is 6.20. The second kappa shape index (κ2) is 18.1. The molecule has 6 rings (SSSR count). The average molecular weight is 1000 g/mol. The van der Waals surface area contributed by atoms with Crippen molar-refractivity contribution in [3.05, 3.63) is 78.4 Å². The molecule has 0 fully saturated rings. The van der Waals surface area contributed by atoms with Crippen LogP contribution >= 0.6 is 0 Å². The molecule has 0 heterocycles. The van der Waals surface area contributed by atoms with Gasteiger partial charge in [-0.3, -0.25) is 18.2 Å². The molecule has 0 amide bonds. The number of aromatic hydroxyl groups is 2. The number of phenolic OH excluding ortho intramolecular Hbond substituents is 2. The van der Waals surface area contributed by atoms with Gasteiger partial charge in [0.15, 0.2) is 23.3 Å². The number of fused-ring (bicyclic) bond motifs is 2. The molecule has 0 aliphatic heterocycles. The number of benzene rings is 6. The lowest BCUT2D eigenvalue weighted by atomic mass is 10.1. The zero-order chi connectivity index (χ0) is 49.6. The third-order valence-corrected chi connectivity index (χ3v) is 12.5. The number of ether oxygens (including phenoxy) is 1. The highest BCUT2D eigenvalue weighted by Gasteiger charge is 2.27. The fraction of sp³-hybridized carbons (Fsp3) is 0.105. The van der Waals surface area contributed by atoms with E-state index in [-0.39, 0.29) is 50.0 Å². The molecule has 0 bridgehead atoms. The zero-order valence-electron chi connectivity index (χ0n) is 34.4. The number of rotatable bonds is 13. The second-order valence-electron chi connectivity index (χ2n) is 13.9. The number of aliphatic hydroxyl groups is 2. The van der Waals surface area contributed by atoms with E-state index < -0.39 is 106 Å². The van der Waals surface area contributed by atoms with Crippen molar-refractivity contribution in [3.8, 4) is 17.2 Å². The van der Waals surface area contributed by atoms with Crippen molar-refractivity contribution in [1.82, 2.24) is 0 Å². The Morgan fingerprint density at radius 3 is 1.25 bits per heavy atom. The number of methoxy groups -OCH3 is 1. The van der Waals surface area contributed by atoms with Crippen molar-refractivity contribution in [2.45, 2.75) is 40.4 Å². The number of azo groups is 3. The Balaban J connectivity index is 1.36. The normalized spacial score (nSPS) is 13.5. The third kappa shape index (κ3) is 10.8. The summed E-state index contributed by atoms with van der Waals surface area (Å²) < 4.78 is 142. The van der Waals surface area contributed by atoms with Crippen molar-refractivity contribution in [2.24, 2.45) is 40.7 Å². The van der Waals surface area contributed by atoms with Crippen LogP contribution in [0.15, 0.2) is 133 Å². The number of aliphatic hydroxyl groups excluding tert-OH is 2. The van der Waals surface area contributed by atoms with Gasteiger partial charge in [0, 0.05) is 13.8 Å². The van der Waals surface area contributed by atoms with E-state index in [1.807, 2.05) is 0 Å². The van der Waals surface area contributed by atoms with Crippen LogP contribution in [0.25, 0.3) is 21.5 Å². The van der Waals surface area contributed by atoms with Crippen LogP contribution in [-0.4, -0.2) is 91.2 Å². The largest absolute Gasteiger partial charge is 0.505 e. The van der Waals surface area contributed by atoms with E-state index in [0.717, 1.165) is 50.2 Å². The molecule has 0 spiro atoms. The summed E-state index contributed by atoms with van der Waals surface area (Å²) >= 11 is 0. The highest BCUT2D eigenvalue weighted by Crippen LogP contribution is 2.48. The van der Waals surface area contributed by atoms with E-state index in [9.17, 15) is 72.3 Å². The first-order valence-corrected chi connectivity index (χ1v) is 23.9. The number of phenols is 2. The van der Waals surface area contributed by atoms with Crippen LogP contribution in [0.3, 0.4) is 0 Å². The van der Waals surface area contributed by atoms with Gasteiger partial charge in [0.1, 0.15) is 32.6 Å². The summed E-state index contributed by atoms with van der Waals surface area (Å²) in [6, 6.07) is 12.9. The summed E-state index contributed by atoms with van der Waals surface area (Å²) in [6.07, 6.45) is 0. The highest BCUT2D eigenvalue weighted by molar-refractivity contribution is 7.86. The summed E-state index contributed by atoms with van der Waals surface area (Å²) in [5.74, 6) is -3.10. The molecule has 0 aliphatic rings. The molecule has 350 valence electrons. The molecular weight excluding hydrogens is 969 g/mol. The summed E-state index contributed by atoms with van der Waals surface area (Å²) in [5, 5.41) is 64.8. The van der Waals surface area contributed by atoms with Gasteiger partial charge < -0.3 is 25.2 Å². The average Bonchev–Trinajstić information content (AvgIpc) is 3.20. The van der Waals surface area contributed by atoms with Crippen LogP contribution < -0.4 is 4.74 Å². The van der Waals surface area contributed by atoms with E-state index in [2.05, 4.69) is 40.7 Å². The summed E-state index contributed by atoms with van der Waals surface area (Å²) in [6.45, 7) is 3.84. The van der Waals surface area contributed by atoms with Gasteiger partial charge in [0.05, 0.1) is 56.1 Å². The van der Waals surface area contributed by atoms with E-state index in [1.165, 1.54) is 43.5 Å². The van der Waals surface area contributed by atoms with E-state index in [1.54, 1.807) is 6.92 Å². The maximum Gasteiger partial charge on any atom is 0.296 e. The number of aryl methyl sites for hydroxylation is 1. The topological polar surface area (TPSA) is 407 Å². The molecule has 0 saturated heterocycles. The van der Waals surface area contributed by atoms with E-state index in [0.29, 0.717) is 5.56 Å². The fourth-order valence-corrected chi connectivity index (χ4v) is 8.59. The van der Waals surface area contributed by atoms with Crippen molar-refractivity contribution in [1.29, 1.82) is 0 Å². The zero-order valence-corrected chi connectivity index (χ0v) is 37.7. The quantitative estimate of drug-likeness (QED) is 0.0231. The Labute approximate surface area is 378 Å². The van der Waals surface area contributed by atoms with Gasteiger partial charge in [0.25, 0.3) is 40.5 Å². The molecule has 0 unspecified atom stereocenters. The van der Waals surface area contributed by atoms with Crippen LogP contribution in [-0.2, 0) is 40.5 Å². The Morgan fingerprint density at radius 1 is 0.493 bits per heavy atom. The third-order valence-electron chi connectivity index (χ3n) is 9.06. The van der Waals surface area contributed by atoms with Gasteiger partial charge in [-0.2, -0.15) is 49.0 Å². The van der Waals surface area contributed by atoms with Crippen molar-refractivity contribution in [2.75, 3.05) is 7.11 Å². The number of nitrogens with zero attached hydrogens (tertiary/aromatic N) is 8. The Morgan fingerprint density at radius 2 is 0.881 bits per heavy atom. The van der Waals surface area contributed by atoms with Crippen LogP contribution in [0.2, 0.25) is 0 Å². The Kier molecular flexibility index (Phi) is 13.3. The number of hydrogen-bond acceptors (Lipinski definition) is 19. The molecule has 0 saturated carbocycles. The minimum absolute atomic E-state index is 0.0414. The van der Waals surface area contributed by atoms with Crippen LogP contribution in [0, 0.1) is 6.92 Å². The molecule has 29 heteroatoms. The molecule has 6 aromatic rings. The van der Waals surface area contributed by atoms with Crippen molar-refractivity contribution >= 4 is 119 Å². The molecule has 0 atom stereocenters. The van der Waals surface area contributed by atoms with Crippen molar-refractivity contribution < 1.29 is 77.0 Å². The van der Waals surface area contributed by atoms with Gasteiger partial charge in [-0.25, -0.2) is 9.98 Å². The first-order chi connectivity index (χ1) is 31.1. The predicted octanol–water partition coefficient (Wildman–Crippen LogP) is 9.17. The maximum absolute atomic E-state index is 12.5. The molecule has 67 heavy (non-hydrogen) atoms. The Bertz CT molecular complexity index is 3680. The maximum atomic E-state index is 12.5. The summed E-state index contributed by atoms with van der Waals surface area (Å²) in [4.78, 5) is 3.90. The van der Waals surface area contributed by atoms with Crippen LogP contribution in [0.4, 0.5) is 45.5 Å². The Hall–Kier alpha value is -7.38. The smallest absolute Gasteiger partial charge is 0.296 e. The lowest BCUT2D eigenvalue weighted by Crippen LogP contribution is -2.01. The molecule has 25 nitrogen and oxygen atoms in total. The minimum atomic E-state index is -5.22. The van der Waals surface area contributed by atoms with Crippen molar-refractivity contribution in [3.63, 3.8) is 0 Å². The van der Waals surface area contributed by atoms with Crippen LogP contribution in [0.1, 0.15) is 19.4 Å². The number of aliphatic imine (C=N–C) groups is 2. The molecule has 8 N–H and O–H groups in total. The van der Waals surface area contributed by atoms with Gasteiger partial charge >= 0.3 is 0 Å². The molecule has 0 aliphatic carbocycles. The first-order valence-electron chi connectivity index (χ1n) is 18.2. The lowest BCUT2D eigenvalue weighted by molar-refractivity contribution is 0.415. The van der Waals surface area contributed by atoms with Gasteiger partial charge in [-0.1, -0.05) is 0 Å². The SMILES string of the molecule is COc1cc(C)c(N=Nc2ccc(N=Nc3c(S(=O)(=O)O)cc4cc(S(=O)(=O)O)cc(N=C(C)O)c4c3O)cc2)cc1N=Nc1c(S(=O)(=O)O)cc2cc(S(=O)(=O)O)cc(N=C(C)O)c2c1O. The summed E-state index contributed by atoms with van der Waals surface area (Å²) in [7, 11) is -19.0. The van der Waals surface area contributed by atoms with Crippen LogP contribution in [0.5, 0.6) is 17.2 Å². The van der Waals surface area contributed by atoms with Gasteiger partial charge in [-0.15, -0.1) is 15.3 Å². The van der Waals surface area contributed by atoms with Gasteiger partial charge in [0.2, 0.25) is 0 Å². The lowest BCUT2D eigenvalue weighted by Gasteiger charge is -2.12. The first kappa shape index (κ1) is 49.1. The number of hydrogen-bond donors (Lipinski definition) is 8. The van der Waals surface area contributed by atoms with E-state index >= 15 is 0 Å². The second-order valence-corrected chi connectivity index (χ2v) is 19.5. The van der Waals surface area contributed by atoms with Gasteiger partial charge in [-0.05, 0) is 96.1 Å². The minimum Gasteiger partial charge on any atom is -0.505 e. The highest BCUT2D eigenvalue weighted by atomic mass is 32.2. The molecule has 0 aromatic heterocycles. The predicted molar refractivity (Wildman–Crippen MR) is 238 cm³/mol. The monoisotopic (exact) mass is 1000 g/mol. The standard InChI is InChI=1S/C38H32N8O17S4/c1-17-9-30(63-4)27(44-46-36-32(67(60,61)62)13-21-11-25(65(54,55)56)15-29(40-19(3)48)34(21)38(36)50)16-26(17)43-41-22-5-7-23(8-6-22)42-45-35-31(66(57,58)59)12-20-10-24(64(51,52)53)14-28(39-18(2)47)33(20)37(35)49/h5-16,49-50H,1-4H3,(H,39,47)(H,40,48)(H,51,52,53)(H,54,55,56)(H,57,58,59)(H,60,61,62). The summed E-state index contributed by atoms with van der Waals surface area (Å²) in [5.41, 5.74) is -1.77. The van der Waals surface area contributed by atoms with E-state index in [4.69, 9.17) is 4.74 Å².